The Morgan fingerprint density at radius 3 is 2.76 bits per heavy atom. The standard InChI is InChI=1S/C12H15NO4/c14-11(13-6-8-3-4-17-7-8)9-1-2-10(5-9)12(15)16/h3-4,7,9-10H,1-2,5-6H2,(H,13,14)(H,15,16). The third-order valence-electron chi connectivity index (χ3n) is 3.20. The van der Waals surface area contributed by atoms with Crippen LogP contribution in [0.2, 0.25) is 0 Å². The smallest absolute Gasteiger partial charge is 0.306 e. The molecule has 0 saturated heterocycles. The molecule has 1 amide bonds. The van der Waals surface area contributed by atoms with Gasteiger partial charge in [0, 0.05) is 18.0 Å². The van der Waals surface area contributed by atoms with Gasteiger partial charge in [0.05, 0.1) is 18.4 Å². The van der Waals surface area contributed by atoms with Crippen molar-refractivity contribution in [1.29, 1.82) is 0 Å². The monoisotopic (exact) mass is 237 g/mol. The van der Waals surface area contributed by atoms with Crippen LogP contribution in [0.4, 0.5) is 0 Å². The molecule has 17 heavy (non-hydrogen) atoms. The number of furan rings is 1. The van der Waals surface area contributed by atoms with Gasteiger partial charge in [-0.05, 0) is 25.3 Å². The summed E-state index contributed by atoms with van der Waals surface area (Å²) in [5.74, 6) is -1.38. The normalized spacial score (nSPS) is 23.5. The Labute approximate surface area is 98.8 Å². The topological polar surface area (TPSA) is 79.5 Å². The molecule has 1 saturated carbocycles. The number of carbonyl (C=O) groups is 2. The van der Waals surface area contributed by atoms with Gasteiger partial charge in [0.15, 0.2) is 0 Å². The van der Waals surface area contributed by atoms with Crippen molar-refractivity contribution in [1.82, 2.24) is 5.32 Å². The number of hydrogen-bond acceptors (Lipinski definition) is 3. The fourth-order valence-electron chi connectivity index (χ4n) is 2.17. The number of rotatable bonds is 4. The summed E-state index contributed by atoms with van der Waals surface area (Å²) in [7, 11) is 0. The van der Waals surface area contributed by atoms with Crippen LogP contribution in [0.1, 0.15) is 24.8 Å². The highest BCUT2D eigenvalue weighted by atomic mass is 16.4. The lowest BCUT2D eigenvalue weighted by Crippen LogP contribution is -2.29. The van der Waals surface area contributed by atoms with E-state index in [1.807, 2.05) is 0 Å². The number of carboxylic acid groups (broad SMARTS) is 1. The quantitative estimate of drug-likeness (QED) is 0.829. The van der Waals surface area contributed by atoms with Crippen LogP contribution >= 0.6 is 0 Å². The van der Waals surface area contributed by atoms with Crippen LogP contribution in [0.3, 0.4) is 0 Å². The van der Waals surface area contributed by atoms with E-state index in [1.165, 1.54) is 0 Å². The van der Waals surface area contributed by atoms with Crippen LogP contribution in [0, 0.1) is 11.8 Å². The van der Waals surface area contributed by atoms with E-state index in [4.69, 9.17) is 9.52 Å². The van der Waals surface area contributed by atoms with Crippen LogP contribution in [0.15, 0.2) is 23.0 Å². The molecule has 1 aliphatic rings. The Kier molecular flexibility index (Phi) is 3.46. The summed E-state index contributed by atoms with van der Waals surface area (Å²) in [5.41, 5.74) is 0.908. The van der Waals surface area contributed by atoms with Crippen molar-refractivity contribution < 1.29 is 19.1 Å². The van der Waals surface area contributed by atoms with E-state index in [-0.39, 0.29) is 17.7 Å². The molecular formula is C12H15NO4. The maximum absolute atomic E-state index is 11.8. The lowest BCUT2D eigenvalue weighted by Gasteiger charge is -2.09. The van der Waals surface area contributed by atoms with Gasteiger partial charge in [-0.2, -0.15) is 0 Å². The Hall–Kier alpha value is -1.78. The first-order valence-corrected chi connectivity index (χ1v) is 5.68. The second-order valence-corrected chi connectivity index (χ2v) is 4.39. The molecule has 1 aromatic rings. The third-order valence-corrected chi connectivity index (χ3v) is 3.20. The molecule has 0 bridgehead atoms. The zero-order valence-corrected chi connectivity index (χ0v) is 9.39. The van der Waals surface area contributed by atoms with E-state index in [0.29, 0.717) is 25.8 Å². The van der Waals surface area contributed by atoms with Gasteiger partial charge in [0.25, 0.3) is 0 Å². The third kappa shape index (κ3) is 2.87. The first-order valence-electron chi connectivity index (χ1n) is 5.68. The van der Waals surface area contributed by atoms with Crippen LogP contribution in [-0.4, -0.2) is 17.0 Å². The fraction of sp³-hybridized carbons (Fsp3) is 0.500. The summed E-state index contributed by atoms with van der Waals surface area (Å²) in [5, 5.41) is 11.6. The van der Waals surface area contributed by atoms with Crippen molar-refractivity contribution in [2.45, 2.75) is 25.8 Å². The summed E-state index contributed by atoms with van der Waals surface area (Å²) in [6.07, 6.45) is 4.84. The van der Waals surface area contributed by atoms with E-state index in [9.17, 15) is 9.59 Å². The Bertz CT molecular complexity index is 399. The van der Waals surface area contributed by atoms with Gasteiger partial charge in [0.1, 0.15) is 0 Å². The molecule has 2 N–H and O–H groups in total. The van der Waals surface area contributed by atoms with Crippen LogP contribution in [-0.2, 0) is 16.1 Å². The molecule has 2 rings (SSSR count). The molecule has 1 aliphatic carbocycles. The molecule has 0 aromatic carbocycles. The molecule has 1 aromatic heterocycles. The molecule has 0 radical (unpaired) electrons. The summed E-state index contributed by atoms with van der Waals surface area (Å²) in [6.45, 7) is 0.434. The lowest BCUT2D eigenvalue weighted by atomic mass is 10.0. The first-order chi connectivity index (χ1) is 8.16. The maximum Gasteiger partial charge on any atom is 0.306 e. The zero-order chi connectivity index (χ0) is 12.3. The molecule has 1 heterocycles. The molecule has 2 atom stereocenters. The van der Waals surface area contributed by atoms with E-state index in [2.05, 4.69) is 5.32 Å². The number of carbonyl (C=O) groups excluding carboxylic acids is 1. The SMILES string of the molecule is O=C(O)C1CCC(C(=O)NCc2ccoc2)C1. The molecule has 1 fully saturated rings. The number of aliphatic carboxylic acids is 1. The Balaban J connectivity index is 1.79. The van der Waals surface area contributed by atoms with Crippen molar-refractivity contribution in [3.63, 3.8) is 0 Å². The van der Waals surface area contributed by atoms with Crippen molar-refractivity contribution in [3.8, 4) is 0 Å². The van der Waals surface area contributed by atoms with E-state index < -0.39 is 5.97 Å². The predicted molar refractivity (Wildman–Crippen MR) is 59.0 cm³/mol. The van der Waals surface area contributed by atoms with Gasteiger partial charge in [-0.15, -0.1) is 0 Å². The fourth-order valence-corrected chi connectivity index (χ4v) is 2.17. The molecule has 0 aliphatic heterocycles. The second-order valence-electron chi connectivity index (χ2n) is 4.39. The highest BCUT2D eigenvalue weighted by molar-refractivity contribution is 5.80. The summed E-state index contributed by atoms with van der Waals surface area (Å²) >= 11 is 0. The maximum atomic E-state index is 11.8. The molecule has 92 valence electrons. The van der Waals surface area contributed by atoms with Gasteiger partial charge in [-0.25, -0.2) is 0 Å². The minimum absolute atomic E-state index is 0.0602. The molecular weight excluding hydrogens is 222 g/mol. The minimum Gasteiger partial charge on any atom is -0.481 e. The van der Waals surface area contributed by atoms with Crippen molar-refractivity contribution in [2.24, 2.45) is 11.8 Å². The number of nitrogens with one attached hydrogen (secondary N) is 1. The van der Waals surface area contributed by atoms with Gasteiger partial charge in [-0.1, -0.05) is 0 Å². The molecule has 0 spiro atoms. The van der Waals surface area contributed by atoms with E-state index in [1.54, 1.807) is 18.6 Å². The largest absolute Gasteiger partial charge is 0.481 e. The van der Waals surface area contributed by atoms with Crippen molar-refractivity contribution in [2.75, 3.05) is 0 Å². The average molecular weight is 237 g/mol. The van der Waals surface area contributed by atoms with Crippen LogP contribution in [0.5, 0.6) is 0 Å². The van der Waals surface area contributed by atoms with Crippen molar-refractivity contribution >= 4 is 11.9 Å². The van der Waals surface area contributed by atoms with Crippen LogP contribution in [0.25, 0.3) is 0 Å². The highest BCUT2D eigenvalue weighted by Crippen LogP contribution is 2.31. The van der Waals surface area contributed by atoms with E-state index >= 15 is 0 Å². The highest BCUT2D eigenvalue weighted by Gasteiger charge is 2.33. The van der Waals surface area contributed by atoms with Gasteiger partial charge >= 0.3 is 5.97 Å². The zero-order valence-electron chi connectivity index (χ0n) is 9.39. The van der Waals surface area contributed by atoms with Gasteiger partial charge in [0.2, 0.25) is 5.91 Å². The van der Waals surface area contributed by atoms with Gasteiger partial charge in [-0.3, -0.25) is 9.59 Å². The lowest BCUT2D eigenvalue weighted by molar-refractivity contribution is -0.141. The summed E-state index contributed by atoms with van der Waals surface area (Å²) in [6, 6.07) is 1.79. The van der Waals surface area contributed by atoms with Crippen molar-refractivity contribution in [3.05, 3.63) is 24.2 Å². The summed E-state index contributed by atoms with van der Waals surface area (Å²) in [4.78, 5) is 22.5. The molecule has 5 heteroatoms. The Morgan fingerprint density at radius 1 is 1.41 bits per heavy atom. The molecule has 5 nitrogen and oxygen atoms in total. The predicted octanol–water partition coefficient (Wildman–Crippen LogP) is 1.40. The van der Waals surface area contributed by atoms with Gasteiger partial charge < -0.3 is 14.8 Å². The molecule has 2 unspecified atom stereocenters. The average Bonchev–Trinajstić information content (AvgIpc) is 2.96. The number of hydrogen-bond donors (Lipinski definition) is 2. The Morgan fingerprint density at radius 2 is 2.18 bits per heavy atom. The summed E-state index contributed by atoms with van der Waals surface area (Å²) < 4.78 is 4.89. The number of amides is 1. The van der Waals surface area contributed by atoms with Crippen LogP contribution < -0.4 is 5.32 Å². The second kappa shape index (κ2) is 5.03. The first kappa shape index (κ1) is 11.7. The van der Waals surface area contributed by atoms with E-state index in [0.717, 1.165) is 5.56 Å². The number of carboxylic acids is 1. The minimum atomic E-state index is -0.796.